The van der Waals surface area contributed by atoms with Gasteiger partial charge in [-0.05, 0) is 62.8 Å². The first kappa shape index (κ1) is 19.6. The minimum absolute atomic E-state index is 0.0724. The zero-order chi connectivity index (χ0) is 21.4. The number of amides is 2. The van der Waals surface area contributed by atoms with Crippen molar-refractivity contribution < 1.29 is 14.0 Å². The summed E-state index contributed by atoms with van der Waals surface area (Å²) < 4.78 is 8.52. The number of fused-ring (bicyclic) bond motifs is 2. The normalized spacial score (nSPS) is 16.3. The van der Waals surface area contributed by atoms with Crippen molar-refractivity contribution in [2.24, 2.45) is 0 Å². The Morgan fingerprint density at radius 2 is 1.84 bits per heavy atom. The number of hydrogen-bond acceptors (Lipinski definition) is 5. The van der Waals surface area contributed by atoms with Gasteiger partial charge in [0.15, 0.2) is 11.3 Å². The van der Waals surface area contributed by atoms with Gasteiger partial charge < -0.3 is 14.6 Å². The maximum absolute atomic E-state index is 12.7. The van der Waals surface area contributed by atoms with Gasteiger partial charge in [0.2, 0.25) is 5.91 Å². The van der Waals surface area contributed by atoms with Crippen LogP contribution in [0.4, 0.5) is 5.69 Å². The van der Waals surface area contributed by atoms with Crippen LogP contribution in [0.3, 0.4) is 0 Å². The van der Waals surface area contributed by atoms with Gasteiger partial charge in [-0.2, -0.15) is 5.10 Å². The van der Waals surface area contributed by atoms with Crippen LogP contribution >= 0.6 is 0 Å². The van der Waals surface area contributed by atoms with Crippen molar-refractivity contribution in [3.05, 3.63) is 46.2 Å². The Labute approximate surface area is 178 Å². The molecule has 1 fully saturated rings. The van der Waals surface area contributed by atoms with E-state index in [1.807, 2.05) is 10.7 Å². The topological polar surface area (TPSA) is 102 Å². The second-order valence-electron chi connectivity index (χ2n) is 8.23. The molecule has 2 amide bonds. The second-order valence-corrected chi connectivity index (χ2v) is 8.23. The van der Waals surface area contributed by atoms with E-state index < -0.39 is 5.76 Å². The average Bonchev–Trinajstić information content (AvgIpc) is 3.35. The molecule has 2 aliphatic rings. The van der Waals surface area contributed by atoms with Crippen molar-refractivity contribution in [2.45, 2.75) is 51.6 Å². The summed E-state index contributed by atoms with van der Waals surface area (Å²) in [6.07, 6.45) is 6.21. The smallest absolute Gasteiger partial charge is 0.408 e. The first-order valence-corrected chi connectivity index (χ1v) is 10.9. The number of aryl methyl sites for hydroxylation is 2. The quantitative estimate of drug-likeness (QED) is 0.694. The molecular formula is C22H25N5O4. The number of hydrogen-bond donors (Lipinski definition) is 1. The lowest BCUT2D eigenvalue weighted by atomic mass is 10.1. The molecule has 3 aromatic rings. The molecule has 1 N–H and O–H groups in total. The molecule has 0 unspecified atom stereocenters. The number of carbonyl (C=O) groups excluding carboxylic acids is 2. The second kappa shape index (κ2) is 8.05. The van der Waals surface area contributed by atoms with Crippen molar-refractivity contribution in [2.75, 3.05) is 18.4 Å². The molecule has 1 aromatic carbocycles. The predicted octanol–water partition coefficient (Wildman–Crippen LogP) is 2.39. The first-order valence-electron chi connectivity index (χ1n) is 10.9. The number of nitrogens with one attached hydrogen (secondary N) is 1. The molecule has 9 heteroatoms. The maximum atomic E-state index is 12.7. The lowest BCUT2D eigenvalue weighted by molar-refractivity contribution is -0.132. The molecule has 0 spiro atoms. The van der Waals surface area contributed by atoms with Crippen LogP contribution < -0.4 is 11.1 Å². The van der Waals surface area contributed by atoms with E-state index in [2.05, 4.69) is 10.4 Å². The Morgan fingerprint density at radius 1 is 1.03 bits per heavy atom. The van der Waals surface area contributed by atoms with E-state index in [0.717, 1.165) is 63.9 Å². The molecule has 0 radical (unpaired) electrons. The molecular weight excluding hydrogens is 398 g/mol. The number of benzene rings is 1. The molecule has 4 heterocycles. The van der Waals surface area contributed by atoms with E-state index in [-0.39, 0.29) is 18.4 Å². The molecule has 5 rings (SSSR count). The van der Waals surface area contributed by atoms with Crippen molar-refractivity contribution in [3.63, 3.8) is 0 Å². The van der Waals surface area contributed by atoms with Crippen LogP contribution in [0.2, 0.25) is 0 Å². The Hall–Kier alpha value is -3.36. The summed E-state index contributed by atoms with van der Waals surface area (Å²) in [6.45, 7) is 2.20. The number of carbonyl (C=O) groups is 2. The molecule has 0 saturated carbocycles. The molecule has 0 atom stereocenters. The van der Waals surface area contributed by atoms with Crippen LogP contribution in [0.1, 0.15) is 48.3 Å². The van der Waals surface area contributed by atoms with Crippen LogP contribution in [0.15, 0.2) is 33.5 Å². The van der Waals surface area contributed by atoms with Gasteiger partial charge in [0, 0.05) is 31.0 Å². The van der Waals surface area contributed by atoms with Gasteiger partial charge in [-0.3, -0.25) is 18.8 Å². The van der Waals surface area contributed by atoms with Gasteiger partial charge >= 0.3 is 5.76 Å². The van der Waals surface area contributed by atoms with Crippen molar-refractivity contribution in [3.8, 4) is 0 Å². The summed E-state index contributed by atoms with van der Waals surface area (Å²) in [5.41, 5.74) is 2.83. The SMILES string of the molecule is O=C(Nc1ccc2oc(=O)n(CC(=O)N3CCCCC3)c2c1)c1cc2n(n1)CCCC2. The fraction of sp³-hybridized carbons (Fsp3) is 0.455. The van der Waals surface area contributed by atoms with Crippen LogP contribution in [0.5, 0.6) is 0 Å². The number of oxazole rings is 1. The third kappa shape index (κ3) is 3.87. The van der Waals surface area contributed by atoms with Crippen LogP contribution in [-0.4, -0.2) is 44.2 Å². The highest BCUT2D eigenvalue weighted by atomic mass is 16.4. The predicted molar refractivity (Wildman–Crippen MR) is 114 cm³/mol. The molecule has 2 aliphatic heterocycles. The standard InChI is InChI=1S/C22H25N5O4/c28-20(25-9-3-1-4-10-25)14-26-18-12-15(7-8-19(18)31-22(26)30)23-21(29)17-13-16-6-2-5-11-27(16)24-17/h7-8,12-13H,1-6,9-11,14H2,(H,23,29). The molecule has 0 aliphatic carbocycles. The summed E-state index contributed by atoms with van der Waals surface area (Å²) in [5.74, 6) is -0.976. The van der Waals surface area contributed by atoms with E-state index >= 15 is 0 Å². The van der Waals surface area contributed by atoms with E-state index in [4.69, 9.17) is 4.42 Å². The lowest BCUT2D eigenvalue weighted by Gasteiger charge is -2.26. The highest BCUT2D eigenvalue weighted by molar-refractivity contribution is 6.03. The van der Waals surface area contributed by atoms with Crippen LogP contribution in [0.25, 0.3) is 11.1 Å². The minimum Gasteiger partial charge on any atom is -0.408 e. The van der Waals surface area contributed by atoms with Crippen molar-refractivity contribution in [1.29, 1.82) is 0 Å². The van der Waals surface area contributed by atoms with Gasteiger partial charge in [-0.25, -0.2) is 4.79 Å². The van der Waals surface area contributed by atoms with Crippen LogP contribution in [0, 0.1) is 0 Å². The molecule has 0 bridgehead atoms. The number of nitrogens with zero attached hydrogens (tertiary/aromatic N) is 4. The third-order valence-corrected chi connectivity index (χ3v) is 6.08. The van der Waals surface area contributed by atoms with Crippen LogP contribution in [-0.2, 0) is 24.3 Å². The van der Waals surface area contributed by atoms with Crippen molar-refractivity contribution >= 4 is 28.6 Å². The maximum Gasteiger partial charge on any atom is 0.420 e. The minimum atomic E-state index is -0.578. The summed E-state index contributed by atoms with van der Waals surface area (Å²) >= 11 is 0. The van der Waals surface area contributed by atoms with Gasteiger partial charge in [0.05, 0.1) is 5.52 Å². The van der Waals surface area contributed by atoms with Gasteiger partial charge in [-0.1, -0.05) is 0 Å². The number of aromatic nitrogens is 3. The highest BCUT2D eigenvalue weighted by Gasteiger charge is 2.21. The summed E-state index contributed by atoms with van der Waals surface area (Å²) in [4.78, 5) is 39.5. The summed E-state index contributed by atoms with van der Waals surface area (Å²) in [5, 5.41) is 7.25. The number of piperidine rings is 1. The van der Waals surface area contributed by atoms with Gasteiger partial charge in [0.25, 0.3) is 5.91 Å². The van der Waals surface area contributed by atoms with E-state index in [0.29, 0.717) is 22.5 Å². The van der Waals surface area contributed by atoms with Gasteiger partial charge in [-0.15, -0.1) is 0 Å². The Balaban J connectivity index is 1.37. The number of rotatable bonds is 4. The zero-order valence-electron chi connectivity index (χ0n) is 17.3. The number of likely N-dealkylation sites (tertiary alicyclic amines) is 1. The summed E-state index contributed by atoms with van der Waals surface area (Å²) in [7, 11) is 0. The monoisotopic (exact) mass is 423 g/mol. The van der Waals surface area contributed by atoms with E-state index in [1.54, 1.807) is 23.1 Å². The average molecular weight is 423 g/mol. The molecule has 9 nitrogen and oxygen atoms in total. The highest BCUT2D eigenvalue weighted by Crippen LogP contribution is 2.21. The Morgan fingerprint density at radius 3 is 2.65 bits per heavy atom. The van der Waals surface area contributed by atoms with Gasteiger partial charge in [0.1, 0.15) is 6.54 Å². The fourth-order valence-corrected chi connectivity index (χ4v) is 4.39. The van der Waals surface area contributed by atoms with E-state index in [1.165, 1.54) is 4.57 Å². The lowest BCUT2D eigenvalue weighted by Crippen LogP contribution is -2.39. The number of anilines is 1. The van der Waals surface area contributed by atoms with E-state index in [9.17, 15) is 14.4 Å². The molecule has 1 saturated heterocycles. The molecule has 2 aromatic heterocycles. The molecule has 162 valence electrons. The Kier molecular flexibility index (Phi) is 5.09. The molecule has 31 heavy (non-hydrogen) atoms. The third-order valence-electron chi connectivity index (χ3n) is 6.08. The first-order chi connectivity index (χ1) is 15.1. The largest absolute Gasteiger partial charge is 0.420 e. The van der Waals surface area contributed by atoms with Crippen molar-refractivity contribution in [1.82, 2.24) is 19.2 Å². The Bertz CT molecular complexity index is 1170. The zero-order valence-corrected chi connectivity index (χ0v) is 17.3. The fourth-order valence-electron chi connectivity index (χ4n) is 4.39. The summed E-state index contributed by atoms with van der Waals surface area (Å²) in [6, 6.07) is 6.80.